The fourth-order valence-corrected chi connectivity index (χ4v) is 3.65. The fraction of sp³-hybridized carbons (Fsp3) is 0.125. The van der Waals surface area contributed by atoms with Crippen LogP contribution in [0.25, 0.3) is 11.1 Å². The molecule has 0 spiro atoms. The van der Waals surface area contributed by atoms with E-state index in [1.165, 1.54) is 0 Å². The van der Waals surface area contributed by atoms with Crippen LogP contribution in [-0.2, 0) is 0 Å². The van der Waals surface area contributed by atoms with E-state index in [0.29, 0.717) is 23.8 Å². The zero-order chi connectivity index (χ0) is 20.2. The molecule has 0 unspecified atom stereocenters. The molecule has 0 aromatic heterocycles. The predicted molar refractivity (Wildman–Crippen MR) is 117 cm³/mol. The van der Waals surface area contributed by atoms with E-state index in [-0.39, 0.29) is 11.9 Å². The average Bonchev–Trinajstić information content (AvgIpc) is 3.25. The molecule has 1 heterocycles. The van der Waals surface area contributed by atoms with Gasteiger partial charge in [0, 0.05) is 29.5 Å². The smallest absolute Gasteiger partial charge is 0.259 e. The van der Waals surface area contributed by atoms with Crippen molar-refractivity contribution < 1.29 is 4.79 Å². The molecule has 0 aliphatic carbocycles. The first-order chi connectivity index (χ1) is 14.2. The van der Waals surface area contributed by atoms with Crippen molar-refractivity contribution in [2.24, 2.45) is 5.73 Å². The van der Waals surface area contributed by atoms with Crippen molar-refractivity contribution in [1.82, 2.24) is 9.80 Å². The summed E-state index contributed by atoms with van der Waals surface area (Å²) in [6.07, 6.45) is 3.76. The van der Waals surface area contributed by atoms with Gasteiger partial charge < -0.3 is 10.6 Å². The highest BCUT2D eigenvalue weighted by atomic mass is 35.5. The summed E-state index contributed by atoms with van der Waals surface area (Å²) >= 11 is 5.95. The Kier molecular flexibility index (Phi) is 5.65. The standard InChI is InChI=1S/C24H22ClN3O/c25-22-12-10-19(11-13-22)18-6-8-21(9-7-18)24(29)28-15-14-27(17-28)23(16-26)20-4-2-1-3-5-20/h1-15,23H,16-17,26H2/t23-/m0/s1. The van der Waals surface area contributed by atoms with Gasteiger partial charge in [-0.15, -0.1) is 0 Å². The molecular weight excluding hydrogens is 382 g/mol. The van der Waals surface area contributed by atoms with Crippen LogP contribution in [0.5, 0.6) is 0 Å². The molecule has 0 bridgehead atoms. The molecule has 29 heavy (non-hydrogen) atoms. The minimum Gasteiger partial charge on any atom is -0.350 e. The highest BCUT2D eigenvalue weighted by molar-refractivity contribution is 6.30. The number of amides is 1. The molecule has 1 atom stereocenters. The molecule has 5 heteroatoms. The maximum absolute atomic E-state index is 12.9. The first kappa shape index (κ1) is 19.2. The lowest BCUT2D eigenvalue weighted by Crippen LogP contribution is -2.35. The summed E-state index contributed by atoms with van der Waals surface area (Å²) < 4.78 is 0. The lowest BCUT2D eigenvalue weighted by atomic mass is 10.0. The van der Waals surface area contributed by atoms with Crippen molar-refractivity contribution in [1.29, 1.82) is 0 Å². The quantitative estimate of drug-likeness (QED) is 0.659. The van der Waals surface area contributed by atoms with Crippen LogP contribution in [0.1, 0.15) is 22.0 Å². The summed E-state index contributed by atoms with van der Waals surface area (Å²) in [6.45, 7) is 0.959. The van der Waals surface area contributed by atoms with Gasteiger partial charge in [0.15, 0.2) is 0 Å². The maximum Gasteiger partial charge on any atom is 0.259 e. The number of halogens is 1. The molecule has 146 valence electrons. The number of rotatable bonds is 5. The molecule has 1 aliphatic heterocycles. The maximum atomic E-state index is 12.9. The fourth-order valence-electron chi connectivity index (χ4n) is 3.52. The number of hydrogen-bond donors (Lipinski definition) is 1. The summed E-state index contributed by atoms with van der Waals surface area (Å²) in [4.78, 5) is 16.7. The van der Waals surface area contributed by atoms with Gasteiger partial charge >= 0.3 is 0 Å². The van der Waals surface area contributed by atoms with Gasteiger partial charge in [-0.2, -0.15) is 0 Å². The van der Waals surface area contributed by atoms with E-state index in [1.54, 1.807) is 4.90 Å². The van der Waals surface area contributed by atoms with Gasteiger partial charge in [-0.05, 0) is 41.0 Å². The number of hydrogen-bond acceptors (Lipinski definition) is 3. The van der Waals surface area contributed by atoms with Gasteiger partial charge in [0.25, 0.3) is 5.91 Å². The van der Waals surface area contributed by atoms with Crippen molar-refractivity contribution in [2.75, 3.05) is 13.2 Å². The average molecular weight is 404 g/mol. The van der Waals surface area contributed by atoms with Gasteiger partial charge in [-0.25, -0.2) is 0 Å². The molecule has 0 fully saturated rings. The van der Waals surface area contributed by atoms with Crippen molar-refractivity contribution in [3.63, 3.8) is 0 Å². The van der Waals surface area contributed by atoms with Crippen LogP contribution in [0.15, 0.2) is 91.3 Å². The van der Waals surface area contributed by atoms with Gasteiger partial charge in [0.1, 0.15) is 0 Å². The van der Waals surface area contributed by atoms with Gasteiger partial charge in [-0.3, -0.25) is 9.69 Å². The summed E-state index contributed by atoms with van der Waals surface area (Å²) in [7, 11) is 0. The first-order valence-electron chi connectivity index (χ1n) is 9.52. The number of carbonyl (C=O) groups is 1. The number of benzene rings is 3. The van der Waals surface area contributed by atoms with Crippen LogP contribution >= 0.6 is 11.6 Å². The van der Waals surface area contributed by atoms with Crippen LogP contribution in [0.3, 0.4) is 0 Å². The van der Waals surface area contributed by atoms with E-state index in [4.69, 9.17) is 17.3 Å². The van der Waals surface area contributed by atoms with Gasteiger partial charge in [0.05, 0.1) is 12.7 Å². The van der Waals surface area contributed by atoms with Crippen LogP contribution in [0.2, 0.25) is 5.02 Å². The molecule has 0 radical (unpaired) electrons. The lowest BCUT2D eigenvalue weighted by molar-refractivity contribution is 0.0779. The molecular formula is C24H22ClN3O. The second kappa shape index (κ2) is 8.52. The van der Waals surface area contributed by atoms with E-state index in [1.807, 2.05) is 79.1 Å². The molecule has 3 aromatic rings. The minimum atomic E-state index is -0.0322. The topological polar surface area (TPSA) is 49.6 Å². The lowest BCUT2D eigenvalue weighted by Gasteiger charge is -2.28. The third kappa shape index (κ3) is 4.19. The van der Waals surface area contributed by atoms with Crippen LogP contribution in [0.4, 0.5) is 0 Å². The van der Waals surface area contributed by atoms with Crippen LogP contribution < -0.4 is 5.73 Å². The Labute approximate surface area is 175 Å². The Morgan fingerprint density at radius 3 is 2.14 bits per heavy atom. The predicted octanol–water partition coefficient (Wildman–Crippen LogP) is 4.89. The zero-order valence-corrected chi connectivity index (χ0v) is 16.7. The van der Waals surface area contributed by atoms with E-state index in [2.05, 4.69) is 17.0 Å². The molecule has 0 saturated carbocycles. The SMILES string of the molecule is NC[C@@H](c1ccccc1)N1C=CN(C(=O)c2ccc(-c3ccc(Cl)cc3)cc2)C1. The van der Waals surface area contributed by atoms with E-state index >= 15 is 0 Å². The molecule has 0 saturated heterocycles. The third-order valence-corrected chi connectivity index (χ3v) is 5.38. The Morgan fingerprint density at radius 1 is 0.897 bits per heavy atom. The monoisotopic (exact) mass is 403 g/mol. The van der Waals surface area contributed by atoms with Crippen molar-refractivity contribution >= 4 is 17.5 Å². The third-order valence-electron chi connectivity index (χ3n) is 5.13. The van der Waals surface area contributed by atoms with E-state index in [9.17, 15) is 4.79 Å². The van der Waals surface area contributed by atoms with E-state index < -0.39 is 0 Å². The van der Waals surface area contributed by atoms with Gasteiger partial charge in [0.2, 0.25) is 0 Å². The highest BCUT2D eigenvalue weighted by Crippen LogP contribution is 2.26. The highest BCUT2D eigenvalue weighted by Gasteiger charge is 2.25. The summed E-state index contributed by atoms with van der Waals surface area (Å²) in [5, 5.41) is 0.706. The van der Waals surface area contributed by atoms with Crippen molar-refractivity contribution in [3.8, 4) is 11.1 Å². The molecule has 3 aromatic carbocycles. The van der Waals surface area contributed by atoms with E-state index in [0.717, 1.165) is 16.7 Å². The molecule has 4 nitrogen and oxygen atoms in total. The summed E-state index contributed by atoms with van der Waals surface area (Å²) in [5.74, 6) is -0.0322. The van der Waals surface area contributed by atoms with Crippen LogP contribution in [0, 0.1) is 0 Å². The summed E-state index contributed by atoms with van der Waals surface area (Å²) in [5.41, 5.74) is 9.91. The Hall–Kier alpha value is -3.08. The van der Waals surface area contributed by atoms with Crippen molar-refractivity contribution in [3.05, 3.63) is 107 Å². The molecule has 2 N–H and O–H groups in total. The Bertz CT molecular complexity index is 1000. The number of carbonyl (C=O) groups excluding carboxylic acids is 1. The Morgan fingerprint density at radius 2 is 1.52 bits per heavy atom. The second-order valence-corrected chi connectivity index (χ2v) is 7.41. The van der Waals surface area contributed by atoms with Crippen molar-refractivity contribution in [2.45, 2.75) is 6.04 Å². The first-order valence-corrected chi connectivity index (χ1v) is 9.89. The largest absolute Gasteiger partial charge is 0.350 e. The minimum absolute atomic E-state index is 0.0322. The number of nitrogens with zero attached hydrogens (tertiary/aromatic N) is 2. The summed E-state index contributed by atoms with van der Waals surface area (Å²) in [6, 6.07) is 25.5. The zero-order valence-electron chi connectivity index (χ0n) is 15.9. The molecule has 1 amide bonds. The number of nitrogens with two attached hydrogens (primary N) is 1. The van der Waals surface area contributed by atoms with Crippen LogP contribution in [-0.4, -0.2) is 28.9 Å². The molecule has 1 aliphatic rings. The Balaban J connectivity index is 1.45. The normalized spacial score (nSPS) is 14.3. The second-order valence-electron chi connectivity index (χ2n) is 6.98. The molecule has 4 rings (SSSR count). The van der Waals surface area contributed by atoms with Gasteiger partial charge in [-0.1, -0.05) is 66.2 Å².